The van der Waals surface area contributed by atoms with E-state index in [9.17, 15) is 4.79 Å². The standard InChI is InChI=1S/C6H7N3OS/c1-2-5-8-9-3-4(10)7-6(9)11-5/h2-3H2,1H3. The predicted molar refractivity (Wildman–Crippen MR) is 44.5 cm³/mol. The van der Waals surface area contributed by atoms with Crippen LogP contribution in [0.5, 0.6) is 0 Å². The van der Waals surface area contributed by atoms with Gasteiger partial charge in [-0.15, -0.1) is 0 Å². The molecule has 2 rings (SSSR count). The molecule has 0 aliphatic carbocycles. The van der Waals surface area contributed by atoms with Crippen LogP contribution >= 0.6 is 11.8 Å². The Balaban J connectivity index is 2.19. The molecule has 2 aliphatic rings. The van der Waals surface area contributed by atoms with E-state index in [2.05, 4.69) is 10.1 Å². The topological polar surface area (TPSA) is 45.0 Å². The van der Waals surface area contributed by atoms with Crippen molar-refractivity contribution in [2.45, 2.75) is 13.3 Å². The lowest BCUT2D eigenvalue weighted by molar-refractivity contribution is -0.117. The number of hydrogen-bond donors (Lipinski definition) is 0. The van der Waals surface area contributed by atoms with E-state index in [4.69, 9.17) is 0 Å². The fraction of sp³-hybridized carbons (Fsp3) is 0.500. The molecule has 2 heterocycles. The van der Waals surface area contributed by atoms with Crippen LogP contribution in [0.1, 0.15) is 13.3 Å². The molecule has 0 radical (unpaired) electrons. The summed E-state index contributed by atoms with van der Waals surface area (Å²) in [6.45, 7) is 2.36. The molecule has 0 saturated carbocycles. The number of carbonyl (C=O) groups excluding carboxylic acids is 1. The van der Waals surface area contributed by atoms with E-state index in [1.54, 1.807) is 5.01 Å². The van der Waals surface area contributed by atoms with E-state index in [0.717, 1.165) is 16.6 Å². The van der Waals surface area contributed by atoms with E-state index in [0.29, 0.717) is 6.54 Å². The third-order valence-electron chi connectivity index (χ3n) is 1.47. The second-order valence-corrected chi connectivity index (χ2v) is 3.34. The molecule has 1 amide bonds. The van der Waals surface area contributed by atoms with Crippen molar-refractivity contribution in [2.24, 2.45) is 10.1 Å². The van der Waals surface area contributed by atoms with Gasteiger partial charge in [-0.3, -0.25) is 4.79 Å². The molecule has 0 fully saturated rings. The van der Waals surface area contributed by atoms with Gasteiger partial charge in [0.1, 0.15) is 11.6 Å². The molecular weight excluding hydrogens is 162 g/mol. The summed E-state index contributed by atoms with van der Waals surface area (Å²) in [6, 6.07) is 0. The van der Waals surface area contributed by atoms with Gasteiger partial charge in [-0.05, 0) is 18.2 Å². The third kappa shape index (κ3) is 1.05. The number of hydrogen-bond acceptors (Lipinski definition) is 4. The number of fused-ring (bicyclic) bond motifs is 1. The molecule has 0 aromatic heterocycles. The number of carbonyl (C=O) groups is 1. The molecule has 0 bridgehead atoms. The summed E-state index contributed by atoms with van der Waals surface area (Å²) < 4.78 is 0. The predicted octanol–water partition coefficient (Wildman–Crippen LogP) is 0.655. The van der Waals surface area contributed by atoms with E-state index >= 15 is 0 Å². The lowest BCUT2D eigenvalue weighted by Gasteiger charge is -2.00. The summed E-state index contributed by atoms with van der Waals surface area (Å²) in [5.74, 6) is -0.0913. The summed E-state index contributed by atoms with van der Waals surface area (Å²) >= 11 is 1.49. The number of aliphatic imine (C=N–C) groups is 1. The van der Waals surface area contributed by atoms with Gasteiger partial charge >= 0.3 is 0 Å². The number of amidine groups is 1. The number of nitrogens with zero attached hydrogens (tertiary/aromatic N) is 3. The Labute approximate surface area is 68.4 Å². The smallest absolute Gasteiger partial charge is 0.269 e. The summed E-state index contributed by atoms with van der Waals surface area (Å²) in [4.78, 5) is 14.5. The zero-order chi connectivity index (χ0) is 7.84. The third-order valence-corrected chi connectivity index (χ3v) is 2.56. The van der Waals surface area contributed by atoms with Gasteiger partial charge in [0, 0.05) is 0 Å². The highest BCUT2D eigenvalue weighted by Crippen LogP contribution is 2.25. The largest absolute Gasteiger partial charge is 0.270 e. The first-order valence-electron chi connectivity index (χ1n) is 3.44. The van der Waals surface area contributed by atoms with E-state index in [1.807, 2.05) is 6.92 Å². The van der Waals surface area contributed by atoms with Crippen LogP contribution < -0.4 is 0 Å². The van der Waals surface area contributed by atoms with Crippen molar-refractivity contribution in [3.8, 4) is 0 Å². The van der Waals surface area contributed by atoms with Crippen molar-refractivity contribution in [3.05, 3.63) is 0 Å². The molecule has 2 aliphatic heterocycles. The molecule has 4 nitrogen and oxygen atoms in total. The van der Waals surface area contributed by atoms with E-state index in [1.165, 1.54) is 11.8 Å². The Bertz CT molecular complexity index is 271. The first-order chi connectivity index (χ1) is 5.29. The highest BCUT2D eigenvalue weighted by atomic mass is 32.2. The molecule has 0 aromatic carbocycles. The van der Waals surface area contributed by atoms with Crippen LogP contribution in [0.25, 0.3) is 0 Å². The maximum atomic E-state index is 10.7. The number of hydrazone groups is 1. The van der Waals surface area contributed by atoms with Crippen LogP contribution in [0.4, 0.5) is 0 Å². The summed E-state index contributed by atoms with van der Waals surface area (Å²) in [7, 11) is 0. The molecule has 5 heteroatoms. The van der Waals surface area contributed by atoms with Crippen molar-refractivity contribution >= 4 is 27.9 Å². The Hall–Kier alpha value is -0.840. The maximum absolute atomic E-state index is 10.7. The van der Waals surface area contributed by atoms with Crippen LogP contribution in [0.15, 0.2) is 10.1 Å². The van der Waals surface area contributed by atoms with Crippen LogP contribution in [0, 0.1) is 0 Å². The average Bonchev–Trinajstić information content (AvgIpc) is 2.43. The Morgan fingerprint density at radius 3 is 3.18 bits per heavy atom. The van der Waals surface area contributed by atoms with Gasteiger partial charge in [0.15, 0.2) is 5.17 Å². The Morgan fingerprint density at radius 1 is 1.73 bits per heavy atom. The van der Waals surface area contributed by atoms with Crippen molar-refractivity contribution < 1.29 is 4.79 Å². The number of rotatable bonds is 1. The van der Waals surface area contributed by atoms with Gasteiger partial charge in [0.2, 0.25) is 0 Å². The van der Waals surface area contributed by atoms with Crippen LogP contribution in [-0.4, -0.2) is 27.7 Å². The quantitative estimate of drug-likeness (QED) is 0.579. The van der Waals surface area contributed by atoms with Crippen molar-refractivity contribution in [1.29, 1.82) is 0 Å². The normalized spacial score (nSPS) is 21.9. The maximum Gasteiger partial charge on any atom is 0.269 e. The second kappa shape index (κ2) is 2.34. The monoisotopic (exact) mass is 169 g/mol. The fourth-order valence-corrected chi connectivity index (χ4v) is 1.81. The SMILES string of the molecule is CCC1=NN2CC(=O)N=C2S1. The zero-order valence-corrected chi connectivity index (χ0v) is 6.89. The van der Waals surface area contributed by atoms with Crippen LogP contribution in [0.3, 0.4) is 0 Å². The van der Waals surface area contributed by atoms with E-state index in [-0.39, 0.29) is 5.91 Å². The van der Waals surface area contributed by atoms with Crippen molar-refractivity contribution in [3.63, 3.8) is 0 Å². The van der Waals surface area contributed by atoms with Gasteiger partial charge in [0.25, 0.3) is 5.91 Å². The second-order valence-electron chi connectivity index (χ2n) is 2.30. The number of amides is 1. The van der Waals surface area contributed by atoms with Gasteiger partial charge < -0.3 is 0 Å². The first kappa shape index (κ1) is 6.84. The summed E-state index contributed by atoms with van der Waals surface area (Å²) in [5.41, 5.74) is 0. The first-order valence-corrected chi connectivity index (χ1v) is 4.25. The highest BCUT2D eigenvalue weighted by molar-refractivity contribution is 8.26. The minimum absolute atomic E-state index is 0.0913. The lowest BCUT2D eigenvalue weighted by atomic mass is 10.5. The molecule has 58 valence electrons. The van der Waals surface area contributed by atoms with Crippen LogP contribution in [0.2, 0.25) is 0 Å². The Kier molecular flexibility index (Phi) is 1.45. The molecule has 0 saturated heterocycles. The molecule has 0 unspecified atom stereocenters. The summed E-state index contributed by atoms with van der Waals surface area (Å²) in [6.07, 6.45) is 0.911. The molecular formula is C6H7N3OS. The van der Waals surface area contributed by atoms with Gasteiger partial charge in [0.05, 0.1) is 0 Å². The minimum atomic E-state index is -0.0913. The molecule has 11 heavy (non-hydrogen) atoms. The average molecular weight is 169 g/mol. The van der Waals surface area contributed by atoms with Crippen molar-refractivity contribution in [2.75, 3.05) is 6.54 Å². The highest BCUT2D eigenvalue weighted by Gasteiger charge is 2.29. The van der Waals surface area contributed by atoms with Gasteiger partial charge in [-0.25, -0.2) is 5.01 Å². The molecule has 0 aromatic rings. The van der Waals surface area contributed by atoms with Gasteiger partial charge in [-0.2, -0.15) is 10.1 Å². The number of thioether (sulfide) groups is 1. The molecule has 0 N–H and O–H groups in total. The van der Waals surface area contributed by atoms with Crippen LogP contribution in [-0.2, 0) is 4.79 Å². The zero-order valence-electron chi connectivity index (χ0n) is 6.07. The molecule has 0 atom stereocenters. The fourth-order valence-electron chi connectivity index (χ4n) is 0.952. The molecule has 0 spiro atoms. The summed E-state index contributed by atoms with van der Waals surface area (Å²) in [5, 5.41) is 7.62. The van der Waals surface area contributed by atoms with Gasteiger partial charge in [-0.1, -0.05) is 6.92 Å². The Morgan fingerprint density at radius 2 is 2.55 bits per heavy atom. The van der Waals surface area contributed by atoms with E-state index < -0.39 is 0 Å². The lowest BCUT2D eigenvalue weighted by Crippen LogP contribution is -2.16. The van der Waals surface area contributed by atoms with Crippen molar-refractivity contribution in [1.82, 2.24) is 5.01 Å². The minimum Gasteiger partial charge on any atom is -0.270 e.